The topological polar surface area (TPSA) is 55.4 Å². The number of esters is 1. The molecule has 1 saturated carbocycles. The lowest BCUT2D eigenvalue weighted by atomic mass is 9.62. The molecule has 1 amide bonds. The zero-order valence-electron chi connectivity index (χ0n) is 9.97. The molecule has 2 rings (SSSR count). The maximum atomic E-state index is 11.7. The fourth-order valence-corrected chi connectivity index (χ4v) is 3.38. The van der Waals surface area contributed by atoms with Crippen molar-refractivity contribution < 1.29 is 14.3 Å². The molecule has 0 radical (unpaired) electrons. The largest absolute Gasteiger partial charge is 0.469 e. The lowest BCUT2D eigenvalue weighted by Gasteiger charge is -2.50. The van der Waals surface area contributed by atoms with Gasteiger partial charge in [0.15, 0.2) is 0 Å². The molecular formula is C12H19NO3. The van der Waals surface area contributed by atoms with Gasteiger partial charge in [-0.25, -0.2) is 0 Å². The second-order valence-corrected chi connectivity index (χ2v) is 5.60. The lowest BCUT2D eigenvalue weighted by molar-refractivity contribution is -0.146. The van der Waals surface area contributed by atoms with Gasteiger partial charge in [-0.1, -0.05) is 13.3 Å². The highest BCUT2D eigenvalue weighted by atomic mass is 16.5. The third-order valence-corrected chi connectivity index (χ3v) is 3.90. The van der Waals surface area contributed by atoms with Crippen LogP contribution in [0.25, 0.3) is 0 Å². The van der Waals surface area contributed by atoms with Crippen LogP contribution >= 0.6 is 0 Å². The maximum Gasteiger partial charge on any atom is 0.307 e. The van der Waals surface area contributed by atoms with E-state index in [0.717, 1.165) is 25.7 Å². The molecule has 0 aromatic carbocycles. The molecule has 4 nitrogen and oxygen atoms in total. The van der Waals surface area contributed by atoms with E-state index in [1.165, 1.54) is 7.11 Å². The van der Waals surface area contributed by atoms with Crippen molar-refractivity contribution in [2.75, 3.05) is 7.11 Å². The summed E-state index contributed by atoms with van der Waals surface area (Å²) in [6, 6.07) is 0. The lowest BCUT2D eigenvalue weighted by Crippen LogP contribution is -2.59. The summed E-state index contributed by atoms with van der Waals surface area (Å²) in [6.45, 7) is 2.15. The Morgan fingerprint density at radius 2 is 2.25 bits per heavy atom. The van der Waals surface area contributed by atoms with Crippen molar-refractivity contribution >= 4 is 11.9 Å². The zero-order chi connectivity index (χ0) is 11.8. The van der Waals surface area contributed by atoms with Gasteiger partial charge in [0.2, 0.25) is 5.91 Å². The molecule has 1 saturated heterocycles. The molecule has 0 aromatic rings. The van der Waals surface area contributed by atoms with Crippen LogP contribution < -0.4 is 5.32 Å². The molecule has 0 aromatic heterocycles. The molecule has 90 valence electrons. The van der Waals surface area contributed by atoms with Gasteiger partial charge >= 0.3 is 5.97 Å². The molecule has 1 N–H and O–H groups in total. The van der Waals surface area contributed by atoms with Crippen LogP contribution in [0.15, 0.2) is 0 Å². The Morgan fingerprint density at radius 3 is 2.94 bits per heavy atom. The molecule has 0 spiro atoms. The van der Waals surface area contributed by atoms with E-state index >= 15 is 0 Å². The Hall–Kier alpha value is -1.06. The SMILES string of the molecule is COC(=O)C[C@]12CCC[C@@](C)(CC(=O)N1)C2. The van der Waals surface area contributed by atoms with Crippen molar-refractivity contribution in [3.05, 3.63) is 0 Å². The van der Waals surface area contributed by atoms with Gasteiger partial charge in [0.1, 0.15) is 0 Å². The molecule has 0 unspecified atom stereocenters. The van der Waals surface area contributed by atoms with Crippen molar-refractivity contribution in [3.63, 3.8) is 0 Å². The summed E-state index contributed by atoms with van der Waals surface area (Å²) < 4.78 is 4.72. The van der Waals surface area contributed by atoms with Crippen LogP contribution in [0.1, 0.15) is 45.4 Å². The summed E-state index contributed by atoms with van der Waals surface area (Å²) in [5.74, 6) is -0.149. The third kappa shape index (κ3) is 2.06. The number of ether oxygens (including phenoxy) is 1. The Bertz CT molecular complexity index is 328. The summed E-state index contributed by atoms with van der Waals surface area (Å²) in [5.41, 5.74) is -0.260. The van der Waals surface area contributed by atoms with Gasteiger partial charge in [0.25, 0.3) is 0 Å². The minimum Gasteiger partial charge on any atom is -0.469 e. The van der Waals surface area contributed by atoms with Gasteiger partial charge in [0.05, 0.1) is 19.1 Å². The summed E-state index contributed by atoms with van der Waals surface area (Å²) in [7, 11) is 1.39. The number of hydrogen-bond donors (Lipinski definition) is 1. The van der Waals surface area contributed by atoms with Crippen LogP contribution in [-0.2, 0) is 14.3 Å². The van der Waals surface area contributed by atoms with Crippen molar-refractivity contribution in [1.29, 1.82) is 0 Å². The Morgan fingerprint density at radius 1 is 1.50 bits per heavy atom. The third-order valence-electron chi connectivity index (χ3n) is 3.90. The monoisotopic (exact) mass is 225 g/mol. The predicted molar refractivity (Wildman–Crippen MR) is 58.7 cm³/mol. The summed E-state index contributed by atoms with van der Waals surface area (Å²) in [5, 5.41) is 3.01. The summed E-state index contributed by atoms with van der Waals surface area (Å²) in [6.07, 6.45) is 4.86. The van der Waals surface area contributed by atoms with Gasteiger partial charge in [0, 0.05) is 6.42 Å². The molecule has 2 bridgehead atoms. The number of amides is 1. The minimum absolute atomic E-state index is 0.0780. The van der Waals surface area contributed by atoms with E-state index in [2.05, 4.69) is 12.2 Å². The highest BCUT2D eigenvalue weighted by Crippen LogP contribution is 2.48. The number of rotatable bonds is 2. The van der Waals surface area contributed by atoms with E-state index in [1.54, 1.807) is 0 Å². The second kappa shape index (κ2) is 3.75. The molecule has 2 fully saturated rings. The van der Waals surface area contributed by atoms with E-state index in [4.69, 9.17) is 4.74 Å². The first-order valence-electron chi connectivity index (χ1n) is 5.85. The number of carbonyl (C=O) groups is 2. The fourth-order valence-electron chi connectivity index (χ4n) is 3.38. The van der Waals surface area contributed by atoms with E-state index in [9.17, 15) is 9.59 Å². The molecule has 2 aliphatic rings. The number of hydrogen-bond acceptors (Lipinski definition) is 3. The van der Waals surface area contributed by atoms with Crippen LogP contribution in [0.4, 0.5) is 0 Å². The number of carbonyl (C=O) groups excluding carboxylic acids is 2. The summed E-state index contributed by atoms with van der Waals surface area (Å²) >= 11 is 0. The van der Waals surface area contributed by atoms with Gasteiger partial charge in [-0.3, -0.25) is 9.59 Å². The molecule has 4 heteroatoms. The van der Waals surface area contributed by atoms with Crippen molar-refractivity contribution in [2.24, 2.45) is 5.41 Å². The minimum atomic E-state index is -0.338. The molecule has 1 aliphatic carbocycles. The van der Waals surface area contributed by atoms with Crippen LogP contribution in [-0.4, -0.2) is 24.5 Å². The average molecular weight is 225 g/mol. The number of fused-ring (bicyclic) bond motifs is 2. The highest BCUT2D eigenvalue weighted by molar-refractivity contribution is 5.80. The Balaban J connectivity index is 2.18. The molecule has 2 atom stereocenters. The molecule has 1 aliphatic heterocycles. The first-order chi connectivity index (χ1) is 7.47. The van der Waals surface area contributed by atoms with Crippen molar-refractivity contribution in [3.8, 4) is 0 Å². The van der Waals surface area contributed by atoms with E-state index < -0.39 is 0 Å². The maximum absolute atomic E-state index is 11.7. The van der Waals surface area contributed by atoms with E-state index in [0.29, 0.717) is 12.8 Å². The average Bonchev–Trinajstić information content (AvgIpc) is 2.14. The summed E-state index contributed by atoms with van der Waals surface area (Å²) in [4.78, 5) is 23.1. The van der Waals surface area contributed by atoms with E-state index in [-0.39, 0.29) is 22.8 Å². The quantitative estimate of drug-likeness (QED) is 0.722. The predicted octanol–water partition coefficient (Wildman–Crippen LogP) is 1.39. The van der Waals surface area contributed by atoms with Gasteiger partial charge in [-0.2, -0.15) is 0 Å². The first kappa shape index (κ1) is 11.4. The van der Waals surface area contributed by atoms with Crippen molar-refractivity contribution in [2.45, 2.75) is 51.0 Å². The van der Waals surface area contributed by atoms with E-state index in [1.807, 2.05) is 0 Å². The standard InChI is InChI=1S/C12H19NO3/c1-11-4-3-5-12(8-11,7-10(15)16-2)13-9(14)6-11/h3-8H2,1-2H3,(H,13,14)/t11-,12-/m0/s1. The normalized spacial score (nSPS) is 37.8. The van der Waals surface area contributed by atoms with Crippen molar-refractivity contribution in [1.82, 2.24) is 5.32 Å². The molecule has 16 heavy (non-hydrogen) atoms. The number of nitrogens with one attached hydrogen (secondary N) is 1. The molecular weight excluding hydrogens is 206 g/mol. The van der Waals surface area contributed by atoms with Gasteiger partial charge < -0.3 is 10.1 Å². The first-order valence-corrected chi connectivity index (χ1v) is 5.85. The number of piperidine rings is 1. The van der Waals surface area contributed by atoms with Crippen LogP contribution in [0.2, 0.25) is 0 Å². The molecule has 1 heterocycles. The van der Waals surface area contributed by atoms with Gasteiger partial charge in [-0.05, 0) is 24.7 Å². The zero-order valence-corrected chi connectivity index (χ0v) is 9.97. The fraction of sp³-hybridized carbons (Fsp3) is 0.833. The number of methoxy groups -OCH3 is 1. The smallest absolute Gasteiger partial charge is 0.307 e. The van der Waals surface area contributed by atoms with Crippen LogP contribution in [0.3, 0.4) is 0 Å². The second-order valence-electron chi connectivity index (χ2n) is 5.60. The van der Waals surface area contributed by atoms with Crippen LogP contribution in [0, 0.1) is 5.41 Å². The highest BCUT2D eigenvalue weighted by Gasteiger charge is 2.49. The van der Waals surface area contributed by atoms with Gasteiger partial charge in [-0.15, -0.1) is 0 Å². The Labute approximate surface area is 95.7 Å². The van der Waals surface area contributed by atoms with Crippen LogP contribution in [0.5, 0.6) is 0 Å². The Kier molecular flexibility index (Phi) is 2.68.